The minimum atomic E-state index is -0.125. The fourth-order valence-electron chi connectivity index (χ4n) is 1.94. The predicted molar refractivity (Wildman–Crippen MR) is 63.5 cm³/mol. The summed E-state index contributed by atoms with van der Waals surface area (Å²) < 4.78 is 0. The number of nitrogens with zero attached hydrogens (tertiary/aromatic N) is 3. The molecule has 1 aromatic heterocycles. The Labute approximate surface area is 100 Å². The Hall–Kier alpha value is -0.870. The molecule has 0 amide bonds. The zero-order valence-corrected chi connectivity index (χ0v) is 10.3. The van der Waals surface area contributed by atoms with Crippen molar-refractivity contribution in [3.05, 3.63) is 17.0 Å². The molecule has 1 aliphatic rings. The van der Waals surface area contributed by atoms with Crippen molar-refractivity contribution in [3.63, 3.8) is 0 Å². The Morgan fingerprint density at radius 3 is 2.81 bits per heavy atom. The largest absolute Gasteiger partial charge is 0.391 e. The third-order valence-electron chi connectivity index (χ3n) is 3.17. The Bertz CT molecular complexity index is 385. The number of anilines is 1. The van der Waals surface area contributed by atoms with Crippen molar-refractivity contribution in [1.29, 1.82) is 0 Å². The first-order valence-corrected chi connectivity index (χ1v) is 5.82. The van der Waals surface area contributed by atoms with Crippen LogP contribution in [-0.4, -0.2) is 28.7 Å². The highest BCUT2D eigenvalue weighted by Crippen LogP contribution is 2.39. The molecule has 2 atom stereocenters. The van der Waals surface area contributed by atoms with E-state index >= 15 is 0 Å². The summed E-state index contributed by atoms with van der Waals surface area (Å²) in [5.41, 5.74) is 0.611. The van der Waals surface area contributed by atoms with Gasteiger partial charge in [0.15, 0.2) is 0 Å². The highest BCUT2D eigenvalue weighted by molar-refractivity contribution is 6.30. The van der Waals surface area contributed by atoms with Gasteiger partial charge in [-0.15, -0.1) is 0 Å². The van der Waals surface area contributed by atoms with Gasteiger partial charge in [-0.05, 0) is 18.3 Å². The van der Waals surface area contributed by atoms with Crippen molar-refractivity contribution in [1.82, 2.24) is 9.97 Å². The summed E-state index contributed by atoms with van der Waals surface area (Å²) in [6.07, 6.45) is 2.71. The van der Waals surface area contributed by atoms with Crippen LogP contribution < -0.4 is 4.90 Å². The molecule has 1 fully saturated rings. The summed E-state index contributed by atoms with van der Waals surface area (Å²) in [7, 11) is 1.98. The zero-order valence-electron chi connectivity index (χ0n) is 9.52. The van der Waals surface area contributed by atoms with Gasteiger partial charge >= 0.3 is 0 Å². The van der Waals surface area contributed by atoms with Crippen molar-refractivity contribution < 1.29 is 5.11 Å². The minimum Gasteiger partial charge on any atom is -0.391 e. The molecule has 88 valence electrons. The van der Waals surface area contributed by atoms with Crippen molar-refractivity contribution in [2.24, 2.45) is 11.8 Å². The molecular formula is C11H16ClN3O. The monoisotopic (exact) mass is 241 g/mol. The van der Waals surface area contributed by atoms with E-state index in [2.05, 4.69) is 16.9 Å². The SMILES string of the molecule is CC1CC1CN(C)c1ncnc(Cl)c1CO. The van der Waals surface area contributed by atoms with Crippen LogP contribution in [0.15, 0.2) is 6.33 Å². The lowest BCUT2D eigenvalue weighted by atomic mass is 10.2. The van der Waals surface area contributed by atoms with Gasteiger partial charge in [-0.2, -0.15) is 0 Å². The van der Waals surface area contributed by atoms with Gasteiger partial charge in [0.2, 0.25) is 0 Å². The molecule has 4 nitrogen and oxygen atoms in total. The van der Waals surface area contributed by atoms with E-state index < -0.39 is 0 Å². The standard InChI is InChI=1S/C11H16ClN3O/c1-7-3-8(7)4-15(2)11-9(5-16)10(12)13-6-14-11/h6-8,16H,3-5H2,1-2H3. The van der Waals surface area contributed by atoms with Crippen LogP contribution >= 0.6 is 11.6 Å². The highest BCUT2D eigenvalue weighted by atomic mass is 35.5. The summed E-state index contributed by atoms with van der Waals surface area (Å²) in [4.78, 5) is 10.1. The van der Waals surface area contributed by atoms with Gasteiger partial charge in [-0.3, -0.25) is 0 Å². The second-order valence-corrected chi connectivity index (χ2v) is 4.84. The number of hydrogen-bond donors (Lipinski definition) is 1. The van der Waals surface area contributed by atoms with Crippen molar-refractivity contribution in [2.45, 2.75) is 20.0 Å². The second-order valence-electron chi connectivity index (χ2n) is 4.48. The fraction of sp³-hybridized carbons (Fsp3) is 0.636. The Morgan fingerprint density at radius 1 is 1.56 bits per heavy atom. The lowest BCUT2D eigenvalue weighted by Gasteiger charge is -2.20. The maximum atomic E-state index is 9.26. The number of halogens is 1. The normalized spacial score (nSPS) is 23.2. The highest BCUT2D eigenvalue weighted by Gasteiger charge is 2.33. The molecule has 16 heavy (non-hydrogen) atoms. The molecule has 2 rings (SSSR count). The molecular weight excluding hydrogens is 226 g/mol. The van der Waals surface area contributed by atoms with Crippen LogP contribution in [0.1, 0.15) is 18.9 Å². The van der Waals surface area contributed by atoms with Gasteiger partial charge in [0.05, 0.1) is 12.2 Å². The Balaban J connectivity index is 2.15. The number of hydrogen-bond acceptors (Lipinski definition) is 4. The van der Waals surface area contributed by atoms with Gasteiger partial charge in [-0.1, -0.05) is 18.5 Å². The summed E-state index contributed by atoms with van der Waals surface area (Å²) >= 11 is 5.92. The number of aliphatic hydroxyl groups excluding tert-OH is 1. The molecule has 1 N–H and O–H groups in total. The lowest BCUT2D eigenvalue weighted by molar-refractivity contribution is 0.281. The number of aliphatic hydroxyl groups is 1. The smallest absolute Gasteiger partial charge is 0.140 e. The fourth-order valence-corrected chi connectivity index (χ4v) is 2.13. The van der Waals surface area contributed by atoms with E-state index in [9.17, 15) is 5.11 Å². The molecule has 2 unspecified atom stereocenters. The van der Waals surface area contributed by atoms with E-state index in [1.54, 1.807) is 0 Å². The van der Waals surface area contributed by atoms with Gasteiger partial charge in [0.1, 0.15) is 17.3 Å². The Kier molecular flexibility index (Phi) is 3.30. The summed E-state index contributed by atoms with van der Waals surface area (Å²) in [6, 6.07) is 0. The maximum Gasteiger partial charge on any atom is 0.140 e. The van der Waals surface area contributed by atoms with E-state index in [0.29, 0.717) is 10.7 Å². The van der Waals surface area contributed by atoms with Crippen LogP contribution in [0.25, 0.3) is 0 Å². The molecule has 0 radical (unpaired) electrons. The zero-order chi connectivity index (χ0) is 11.7. The quantitative estimate of drug-likeness (QED) is 0.816. The van der Waals surface area contributed by atoms with Crippen molar-refractivity contribution >= 4 is 17.4 Å². The van der Waals surface area contributed by atoms with E-state index in [-0.39, 0.29) is 6.61 Å². The number of aromatic nitrogens is 2. The topological polar surface area (TPSA) is 49.2 Å². The summed E-state index contributed by atoms with van der Waals surface area (Å²) in [5.74, 6) is 2.28. The molecule has 0 bridgehead atoms. The van der Waals surface area contributed by atoms with Crippen LogP contribution in [0.3, 0.4) is 0 Å². The van der Waals surface area contributed by atoms with Crippen LogP contribution in [0.2, 0.25) is 5.15 Å². The van der Waals surface area contributed by atoms with E-state index in [4.69, 9.17) is 11.6 Å². The van der Waals surface area contributed by atoms with Gasteiger partial charge < -0.3 is 10.0 Å². The van der Waals surface area contributed by atoms with E-state index in [1.165, 1.54) is 12.7 Å². The average Bonchev–Trinajstić information content (AvgIpc) is 2.93. The van der Waals surface area contributed by atoms with Gasteiger partial charge in [-0.25, -0.2) is 9.97 Å². The number of rotatable bonds is 4. The molecule has 1 aromatic rings. The van der Waals surface area contributed by atoms with Crippen LogP contribution in [0, 0.1) is 11.8 Å². The second kappa shape index (κ2) is 4.55. The van der Waals surface area contributed by atoms with Gasteiger partial charge in [0.25, 0.3) is 0 Å². The van der Waals surface area contributed by atoms with Crippen LogP contribution in [0.5, 0.6) is 0 Å². The summed E-state index contributed by atoms with van der Waals surface area (Å²) in [5, 5.41) is 9.60. The third-order valence-corrected chi connectivity index (χ3v) is 3.50. The van der Waals surface area contributed by atoms with Crippen molar-refractivity contribution in [3.8, 4) is 0 Å². The first-order valence-electron chi connectivity index (χ1n) is 5.44. The predicted octanol–water partition coefficient (Wildman–Crippen LogP) is 1.71. The maximum absolute atomic E-state index is 9.26. The third kappa shape index (κ3) is 2.28. The molecule has 5 heteroatoms. The lowest BCUT2D eigenvalue weighted by Crippen LogP contribution is -2.23. The van der Waals surface area contributed by atoms with Gasteiger partial charge in [0, 0.05) is 13.6 Å². The average molecular weight is 242 g/mol. The molecule has 1 aliphatic carbocycles. The molecule has 1 saturated carbocycles. The molecule has 0 saturated heterocycles. The van der Waals surface area contributed by atoms with Crippen molar-refractivity contribution in [2.75, 3.05) is 18.5 Å². The van der Waals surface area contributed by atoms with E-state index in [1.807, 2.05) is 11.9 Å². The first-order chi connectivity index (χ1) is 7.63. The minimum absolute atomic E-state index is 0.125. The van der Waals surface area contributed by atoms with Crippen LogP contribution in [0.4, 0.5) is 5.82 Å². The Morgan fingerprint density at radius 2 is 2.25 bits per heavy atom. The molecule has 0 aliphatic heterocycles. The molecule has 0 aromatic carbocycles. The first kappa shape index (κ1) is 11.6. The van der Waals surface area contributed by atoms with Crippen LogP contribution in [-0.2, 0) is 6.61 Å². The molecule has 1 heterocycles. The summed E-state index contributed by atoms with van der Waals surface area (Å²) in [6.45, 7) is 3.08. The molecule has 0 spiro atoms. The van der Waals surface area contributed by atoms with E-state index in [0.717, 1.165) is 24.2 Å².